The van der Waals surface area contributed by atoms with Gasteiger partial charge in [0.25, 0.3) is 0 Å². The molecule has 6 N–H and O–H groups in total. The van der Waals surface area contributed by atoms with Gasteiger partial charge in [-0.05, 0) is 36.5 Å². The topological polar surface area (TPSA) is 92.8 Å². The number of nitrogen functional groups attached to an aromatic ring is 1. The molecule has 5 heteroatoms. The van der Waals surface area contributed by atoms with Crippen LogP contribution in [0.2, 0.25) is 0 Å². The normalized spacial score (nSPS) is 15.5. The van der Waals surface area contributed by atoms with E-state index >= 15 is 0 Å². The highest BCUT2D eigenvalue weighted by molar-refractivity contribution is 5.63. The van der Waals surface area contributed by atoms with Gasteiger partial charge in [0, 0.05) is 17.6 Å². The Balaban J connectivity index is 1.70. The first-order valence-corrected chi connectivity index (χ1v) is 6.35. The zero-order chi connectivity index (χ0) is 13.2. The molecule has 3 rings (SSSR count). The van der Waals surface area contributed by atoms with Crippen LogP contribution < -0.4 is 16.8 Å². The lowest BCUT2D eigenvalue weighted by Crippen LogP contribution is -2.02. The highest BCUT2D eigenvalue weighted by atomic mass is 15.0. The lowest BCUT2D eigenvalue weighted by Gasteiger charge is -2.04. The third-order valence-electron chi connectivity index (χ3n) is 3.25. The Morgan fingerprint density at radius 1 is 1.32 bits per heavy atom. The van der Waals surface area contributed by atoms with Gasteiger partial charge in [0.15, 0.2) is 5.95 Å². The summed E-state index contributed by atoms with van der Waals surface area (Å²) in [5, 5.41) is 3.21. The molecular weight excluding hydrogens is 238 g/mol. The summed E-state index contributed by atoms with van der Waals surface area (Å²) in [4.78, 5) is 6.98. The van der Waals surface area contributed by atoms with Crippen molar-refractivity contribution in [2.24, 2.45) is 11.7 Å². The van der Waals surface area contributed by atoms with Crippen LogP contribution in [0.25, 0.3) is 11.3 Å². The van der Waals surface area contributed by atoms with Crippen molar-refractivity contribution in [3.63, 3.8) is 0 Å². The first-order chi connectivity index (χ1) is 9.22. The van der Waals surface area contributed by atoms with Crippen LogP contribution in [0, 0.1) is 5.92 Å². The predicted octanol–water partition coefficient (Wildman–Crippen LogP) is 2.28. The average Bonchev–Trinajstić information content (AvgIpc) is 3.19. The third-order valence-corrected chi connectivity index (χ3v) is 3.25. The number of hydrogen-bond donors (Lipinski definition) is 4. The number of hydrogen-bond acceptors (Lipinski definition) is 4. The average molecular weight is 255 g/mol. The SMILES string of the molecule is N/C(=C\Nc1ccc(-c2cnc(N)[nH]2)cc1)C1CC1. The van der Waals surface area contributed by atoms with Crippen molar-refractivity contribution in [2.75, 3.05) is 11.1 Å². The van der Waals surface area contributed by atoms with Crippen LogP contribution in [0.4, 0.5) is 11.6 Å². The molecule has 0 atom stereocenters. The Hall–Kier alpha value is -2.43. The van der Waals surface area contributed by atoms with Crippen molar-refractivity contribution in [1.29, 1.82) is 0 Å². The van der Waals surface area contributed by atoms with E-state index in [4.69, 9.17) is 11.5 Å². The van der Waals surface area contributed by atoms with Crippen LogP contribution in [0.3, 0.4) is 0 Å². The van der Waals surface area contributed by atoms with E-state index in [0.717, 1.165) is 22.6 Å². The van der Waals surface area contributed by atoms with Crippen molar-refractivity contribution in [2.45, 2.75) is 12.8 Å². The standard InChI is InChI=1S/C14H17N5/c15-12(9-1-2-9)7-17-11-5-3-10(4-6-11)13-8-18-14(16)19-13/h3-9,17H,1-2,15H2,(H3,16,18,19)/b12-7-. The molecule has 2 aromatic rings. The fourth-order valence-corrected chi connectivity index (χ4v) is 1.93. The summed E-state index contributed by atoms with van der Waals surface area (Å²) < 4.78 is 0. The van der Waals surface area contributed by atoms with Gasteiger partial charge in [-0.25, -0.2) is 4.98 Å². The van der Waals surface area contributed by atoms with E-state index in [1.54, 1.807) is 6.20 Å². The summed E-state index contributed by atoms with van der Waals surface area (Å²) in [7, 11) is 0. The molecule has 0 saturated heterocycles. The predicted molar refractivity (Wildman–Crippen MR) is 77.1 cm³/mol. The van der Waals surface area contributed by atoms with Crippen LogP contribution in [0.5, 0.6) is 0 Å². The van der Waals surface area contributed by atoms with Gasteiger partial charge >= 0.3 is 0 Å². The van der Waals surface area contributed by atoms with Crippen LogP contribution in [0.15, 0.2) is 42.4 Å². The summed E-state index contributed by atoms with van der Waals surface area (Å²) in [6.45, 7) is 0. The number of rotatable bonds is 4. The number of aromatic amines is 1. The molecule has 1 fully saturated rings. The van der Waals surface area contributed by atoms with E-state index in [9.17, 15) is 0 Å². The summed E-state index contributed by atoms with van der Waals surface area (Å²) in [5.41, 5.74) is 15.4. The van der Waals surface area contributed by atoms with Gasteiger partial charge in [0.1, 0.15) is 0 Å². The monoisotopic (exact) mass is 255 g/mol. The number of allylic oxidation sites excluding steroid dienone is 1. The summed E-state index contributed by atoms with van der Waals surface area (Å²) in [6.07, 6.45) is 6.04. The number of anilines is 2. The Labute approximate surface area is 111 Å². The van der Waals surface area contributed by atoms with Crippen molar-refractivity contribution < 1.29 is 0 Å². The van der Waals surface area contributed by atoms with Crippen LogP contribution in [0.1, 0.15) is 12.8 Å². The molecule has 1 heterocycles. The lowest BCUT2D eigenvalue weighted by molar-refractivity contribution is 0.976. The first kappa shape index (κ1) is 11.6. The molecule has 0 aliphatic heterocycles. The fourth-order valence-electron chi connectivity index (χ4n) is 1.93. The molecule has 0 radical (unpaired) electrons. The van der Waals surface area contributed by atoms with Crippen LogP contribution in [-0.2, 0) is 0 Å². The van der Waals surface area contributed by atoms with Crippen molar-refractivity contribution >= 4 is 11.6 Å². The summed E-state index contributed by atoms with van der Waals surface area (Å²) in [5.74, 6) is 1.01. The smallest absolute Gasteiger partial charge is 0.197 e. The maximum absolute atomic E-state index is 5.92. The summed E-state index contributed by atoms with van der Waals surface area (Å²) >= 11 is 0. The number of imidazole rings is 1. The molecule has 5 nitrogen and oxygen atoms in total. The second-order valence-electron chi connectivity index (χ2n) is 4.82. The molecule has 1 aliphatic rings. The second-order valence-corrected chi connectivity index (χ2v) is 4.82. The van der Waals surface area contributed by atoms with E-state index in [1.165, 1.54) is 12.8 Å². The van der Waals surface area contributed by atoms with E-state index in [1.807, 2.05) is 30.5 Å². The maximum atomic E-state index is 5.92. The number of nitrogens with two attached hydrogens (primary N) is 2. The van der Waals surface area contributed by atoms with Gasteiger partial charge in [-0.15, -0.1) is 0 Å². The maximum Gasteiger partial charge on any atom is 0.197 e. The molecule has 19 heavy (non-hydrogen) atoms. The molecule has 98 valence electrons. The molecule has 0 spiro atoms. The molecule has 0 bridgehead atoms. The lowest BCUT2D eigenvalue weighted by atomic mass is 10.1. The van der Waals surface area contributed by atoms with Gasteiger partial charge in [0.2, 0.25) is 0 Å². The first-order valence-electron chi connectivity index (χ1n) is 6.35. The van der Waals surface area contributed by atoms with E-state index in [2.05, 4.69) is 15.3 Å². The number of nitrogens with one attached hydrogen (secondary N) is 2. The minimum atomic E-state index is 0.428. The van der Waals surface area contributed by atoms with E-state index < -0.39 is 0 Å². The second kappa shape index (κ2) is 4.68. The van der Waals surface area contributed by atoms with Gasteiger partial charge in [-0.1, -0.05) is 12.1 Å². The van der Waals surface area contributed by atoms with E-state index in [0.29, 0.717) is 11.9 Å². The number of nitrogens with zero attached hydrogens (tertiary/aromatic N) is 1. The molecule has 1 aromatic carbocycles. The van der Waals surface area contributed by atoms with Crippen molar-refractivity contribution in [3.05, 3.63) is 42.4 Å². The molecule has 0 amide bonds. The zero-order valence-electron chi connectivity index (χ0n) is 10.6. The number of H-pyrrole nitrogens is 1. The molecule has 0 unspecified atom stereocenters. The van der Waals surface area contributed by atoms with Gasteiger partial charge < -0.3 is 21.8 Å². The Bertz CT molecular complexity index is 593. The van der Waals surface area contributed by atoms with Gasteiger partial charge in [-0.3, -0.25) is 0 Å². The molecule has 1 aromatic heterocycles. The Kier molecular flexibility index (Phi) is 2.87. The fraction of sp³-hybridized carbons (Fsp3) is 0.214. The number of benzene rings is 1. The minimum Gasteiger partial charge on any atom is -0.401 e. The Morgan fingerprint density at radius 2 is 2.05 bits per heavy atom. The largest absolute Gasteiger partial charge is 0.401 e. The van der Waals surface area contributed by atoms with Crippen LogP contribution >= 0.6 is 0 Å². The number of aromatic nitrogens is 2. The highest BCUT2D eigenvalue weighted by Crippen LogP contribution is 2.33. The highest BCUT2D eigenvalue weighted by Gasteiger charge is 2.23. The van der Waals surface area contributed by atoms with Gasteiger partial charge in [-0.2, -0.15) is 0 Å². The van der Waals surface area contributed by atoms with Crippen molar-refractivity contribution in [3.8, 4) is 11.3 Å². The Morgan fingerprint density at radius 3 is 2.63 bits per heavy atom. The molecular formula is C14H17N5. The van der Waals surface area contributed by atoms with Gasteiger partial charge in [0.05, 0.1) is 11.9 Å². The van der Waals surface area contributed by atoms with E-state index in [-0.39, 0.29) is 0 Å². The summed E-state index contributed by atoms with van der Waals surface area (Å²) in [6, 6.07) is 8.03. The zero-order valence-corrected chi connectivity index (χ0v) is 10.6. The minimum absolute atomic E-state index is 0.428. The van der Waals surface area contributed by atoms with Crippen molar-refractivity contribution in [1.82, 2.24) is 9.97 Å². The third kappa shape index (κ3) is 2.70. The molecule has 1 aliphatic carbocycles. The quantitative estimate of drug-likeness (QED) is 0.674. The van der Waals surface area contributed by atoms with Crippen LogP contribution in [-0.4, -0.2) is 9.97 Å². The molecule has 1 saturated carbocycles.